The SMILES string of the molecule is Cc1c([C@@H](C)Nc2nnc(C)c3cc(F)c(N4CCN(C)CC4)cc23)cccc1C(F)(F)F. The van der Waals surface area contributed by atoms with Gasteiger partial charge in [-0.25, -0.2) is 4.39 Å². The van der Waals surface area contributed by atoms with E-state index in [1.165, 1.54) is 19.1 Å². The summed E-state index contributed by atoms with van der Waals surface area (Å²) in [6.07, 6.45) is -4.43. The zero-order valence-corrected chi connectivity index (χ0v) is 19.1. The minimum Gasteiger partial charge on any atom is -0.367 e. The molecule has 1 aromatic heterocycles. The van der Waals surface area contributed by atoms with Gasteiger partial charge in [0.05, 0.1) is 23.0 Å². The average Bonchev–Trinajstić information content (AvgIpc) is 2.75. The molecule has 0 aliphatic carbocycles. The maximum atomic E-state index is 15.0. The first-order valence-electron chi connectivity index (χ1n) is 10.9. The van der Waals surface area contributed by atoms with Gasteiger partial charge in [0.15, 0.2) is 5.82 Å². The summed E-state index contributed by atoms with van der Waals surface area (Å²) in [4.78, 5) is 4.20. The Morgan fingerprint density at radius 1 is 1.00 bits per heavy atom. The van der Waals surface area contributed by atoms with Gasteiger partial charge in [-0.1, -0.05) is 12.1 Å². The fourth-order valence-corrected chi connectivity index (χ4v) is 4.40. The van der Waals surface area contributed by atoms with Gasteiger partial charge in [-0.3, -0.25) is 0 Å². The van der Waals surface area contributed by atoms with E-state index in [4.69, 9.17) is 0 Å². The van der Waals surface area contributed by atoms with E-state index < -0.39 is 17.8 Å². The standard InChI is InChI=1S/C24H27F4N5/c1-14-17(6-5-7-20(14)24(26,27)28)15(2)29-23-19-13-22(33-10-8-32(4)9-11-33)21(25)12-18(19)16(3)30-31-23/h5-7,12-13,15H,8-11H2,1-4H3,(H,29,31)/t15-/m1/s1. The van der Waals surface area contributed by atoms with Gasteiger partial charge < -0.3 is 15.1 Å². The fraction of sp³-hybridized carbons (Fsp3) is 0.417. The van der Waals surface area contributed by atoms with Crippen LogP contribution in [0.5, 0.6) is 0 Å². The minimum absolute atomic E-state index is 0.165. The number of hydrogen-bond donors (Lipinski definition) is 1. The zero-order chi connectivity index (χ0) is 23.9. The topological polar surface area (TPSA) is 44.3 Å². The predicted molar refractivity (Wildman–Crippen MR) is 122 cm³/mol. The summed E-state index contributed by atoms with van der Waals surface area (Å²) in [5.41, 5.74) is 1.10. The van der Waals surface area contributed by atoms with Crippen LogP contribution in [0.3, 0.4) is 0 Å². The van der Waals surface area contributed by atoms with Gasteiger partial charge in [0.1, 0.15) is 5.82 Å². The van der Waals surface area contributed by atoms with Crippen molar-refractivity contribution in [3.63, 3.8) is 0 Å². The molecule has 0 spiro atoms. The summed E-state index contributed by atoms with van der Waals surface area (Å²) in [6, 6.07) is 6.93. The van der Waals surface area contributed by atoms with E-state index in [9.17, 15) is 13.2 Å². The largest absolute Gasteiger partial charge is 0.416 e. The van der Waals surface area contributed by atoms with Crippen molar-refractivity contribution in [3.05, 3.63) is 58.5 Å². The maximum Gasteiger partial charge on any atom is 0.416 e. The molecule has 2 aromatic carbocycles. The summed E-state index contributed by atoms with van der Waals surface area (Å²) in [5, 5.41) is 12.9. The van der Waals surface area contributed by atoms with Crippen LogP contribution in [0, 0.1) is 19.7 Å². The van der Waals surface area contributed by atoms with Crippen LogP contribution in [-0.2, 0) is 6.18 Å². The highest BCUT2D eigenvalue weighted by Gasteiger charge is 2.33. The lowest BCUT2D eigenvalue weighted by Gasteiger charge is -2.34. The van der Waals surface area contributed by atoms with Crippen molar-refractivity contribution in [2.24, 2.45) is 0 Å². The van der Waals surface area contributed by atoms with Gasteiger partial charge in [0.2, 0.25) is 0 Å². The number of halogens is 4. The van der Waals surface area contributed by atoms with E-state index in [1.807, 2.05) is 11.9 Å². The Hall–Kier alpha value is -2.94. The number of hydrogen-bond acceptors (Lipinski definition) is 5. The Kier molecular flexibility index (Phi) is 6.18. The Balaban J connectivity index is 1.72. The Bertz CT molecular complexity index is 1170. The second-order valence-electron chi connectivity index (χ2n) is 8.66. The number of nitrogens with zero attached hydrogens (tertiary/aromatic N) is 4. The van der Waals surface area contributed by atoms with E-state index >= 15 is 4.39 Å². The number of likely N-dealkylation sites (N-methyl/N-ethyl adjacent to an activating group) is 1. The third-order valence-corrected chi connectivity index (χ3v) is 6.38. The number of nitrogens with one attached hydrogen (secondary N) is 1. The highest BCUT2D eigenvalue weighted by atomic mass is 19.4. The molecule has 0 unspecified atom stereocenters. The lowest BCUT2D eigenvalue weighted by Crippen LogP contribution is -2.44. The number of benzene rings is 2. The number of piperazine rings is 1. The predicted octanol–water partition coefficient (Wildman–Crippen LogP) is 5.33. The van der Waals surface area contributed by atoms with Crippen molar-refractivity contribution < 1.29 is 17.6 Å². The van der Waals surface area contributed by atoms with Crippen LogP contribution >= 0.6 is 0 Å². The first-order valence-corrected chi connectivity index (χ1v) is 10.9. The molecule has 0 radical (unpaired) electrons. The van der Waals surface area contributed by atoms with Crippen molar-refractivity contribution in [1.29, 1.82) is 0 Å². The van der Waals surface area contributed by atoms with Crippen LogP contribution in [0.2, 0.25) is 0 Å². The molecule has 2 heterocycles. The highest BCUT2D eigenvalue weighted by Crippen LogP contribution is 2.36. The molecular formula is C24H27F4N5. The third-order valence-electron chi connectivity index (χ3n) is 6.38. The second-order valence-corrected chi connectivity index (χ2v) is 8.66. The van der Waals surface area contributed by atoms with Crippen LogP contribution in [0.1, 0.15) is 35.3 Å². The Labute approximate surface area is 190 Å². The molecule has 4 rings (SSSR count). The van der Waals surface area contributed by atoms with Crippen molar-refractivity contribution in [1.82, 2.24) is 15.1 Å². The summed E-state index contributed by atoms with van der Waals surface area (Å²) in [7, 11) is 2.03. The molecular weight excluding hydrogens is 434 g/mol. The van der Waals surface area contributed by atoms with Gasteiger partial charge in [-0.05, 0) is 57.1 Å². The molecule has 176 valence electrons. The number of rotatable bonds is 4. The summed E-state index contributed by atoms with van der Waals surface area (Å²) in [6.45, 7) is 8.09. The van der Waals surface area contributed by atoms with Crippen molar-refractivity contribution in [2.45, 2.75) is 33.0 Å². The van der Waals surface area contributed by atoms with E-state index in [1.54, 1.807) is 26.0 Å². The zero-order valence-electron chi connectivity index (χ0n) is 19.1. The maximum absolute atomic E-state index is 15.0. The van der Waals surface area contributed by atoms with Crippen LogP contribution in [0.4, 0.5) is 29.1 Å². The Morgan fingerprint density at radius 3 is 2.36 bits per heavy atom. The van der Waals surface area contributed by atoms with Crippen LogP contribution < -0.4 is 10.2 Å². The molecule has 9 heteroatoms. The van der Waals surface area contributed by atoms with Crippen LogP contribution in [0.25, 0.3) is 10.8 Å². The van der Waals surface area contributed by atoms with Gasteiger partial charge >= 0.3 is 6.18 Å². The molecule has 33 heavy (non-hydrogen) atoms. The highest BCUT2D eigenvalue weighted by molar-refractivity contribution is 5.95. The summed E-state index contributed by atoms with van der Waals surface area (Å²) < 4.78 is 55.1. The lowest BCUT2D eigenvalue weighted by atomic mass is 9.97. The van der Waals surface area contributed by atoms with E-state index in [0.29, 0.717) is 46.6 Å². The van der Waals surface area contributed by atoms with Gasteiger partial charge in [-0.2, -0.15) is 18.3 Å². The molecule has 1 aliphatic heterocycles. The number of aryl methyl sites for hydroxylation is 1. The van der Waals surface area contributed by atoms with Gasteiger partial charge in [-0.15, -0.1) is 5.10 Å². The quantitative estimate of drug-likeness (QED) is 0.532. The minimum atomic E-state index is -4.43. The molecule has 3 aromatic rings. The Morgan fingerprint density at radius 2 is 1.70 bits per heavy atom. The second kappa shape index (κ2) is 8.78. The van der Waals surface area contributed by atoms with E-state index in [-0.39, 0.29) is 11.4 Å². The van der Waals surface area contributed by atoms with E-state index in [2.05, 4.69) is 20.4 Å². The van der Waals surface area contributed by atoms with Crippen LogP contribution in [-0.4, -0.2) is 48.3 Å². The van der Waals surface area contributed by atoms with Crippen molar-refractivity contribution >= 4 is 22.3 Å². The molecule has 0 saturated carbocycles. The lowest BCUT2D eigenvalue weighted by molar-refractivity contribution is -0.138. The van der Waals surface area contributed by atoms with E-state index in [0.717, 1.165) is 19.2 Å². The summed E-state index contributed by atoms with van der Waals surface area (Å²) in [5.74, 6) is 0.0890. The number of fused-ring (bicyclic) bond motifs is 1. The van der Waals surface area contributed by atoms with Gasteiger partial charge in [0.25, 0.3) is 0 Å². The van der Waals surface area contributed by atoms with Gasteiger partial charge in [0, 0.05) is 37.0 Å². The number of aromatic nitrogens is 2. The smallest absolute Gasteiger partial charge is 0.367 e. The fourth-order valence-electron chi connectivity index (χ4n) is 4.40. The first-order chi connectivity index (χ1) is 15.6. The monoisotopic (exact) mass is 461 g/mol. The van der Waals surface area contributed by atoms with Crippen LogP contribution in [0.15, 0.2) is 30.3 Å². The summed E-state index contributed by atoms with van der Waals surface area (Å²) >= 11 is 0. The molecule has 5 nitrogen and oxygen atoms in total. The number of anilines is 2. The molecule has 1 fully saturated rings. The third kappa shape index (κ3) is 4.59. The molecule has 1 aliphatic rings. The van der Waals surface area contributed by atoms with Crippen molar-refractivity contribution in [3.8, 4) is 0 Å². The molecule has 0 bridgehead atoms. The number of alkyl halides is 3. The molecule has 1 N–H and O–H groups in total. The normalized spacial score (nSPS) is 16.3. The first kappa shape index (κ1) is 23.2. The average molecular weight is 462 g/mol. The molecule has 1 atom stereocenters. The van der Waals surface area contributed by atoms with Crippen molar-refractivity contribution in [2.75, 3.05) is 43.4 Å². The molecule has 0 amide bonds. The molecule has 1 saturated heterocycles.